The largest absolute Gasteiger partial charge is 0.416 e. The molecule has 2 aromatic rings. The Balaban J connectivity index is 1.39. The molecule has 0 spiro atoms. The van der Waals surface area contributed by atoms with Crippen LogP contribution in [0.15, 0.2) is 42.6 Å². The van der Waals surface area contributed by atoms with Gasteiger partial charge in [0.25, 0.3) is 0 Å². The van der Waals surface area contributed by atoms with Crippen LogP contribution >= 0.6 is 0 Å². The van der Waals surface area contributed by atoms with E-state index in [1.807, 2.05) is 12.1 Å². The zero-order chi connectivity index (χ0) is 23.7. The Hall–Kier alpha value is -2.79. The number of hydrogen-bond donors (Lipinski definition) is 1. The number of hydrogen-bond acceptors (Lipinski definition) is 5. The topological polar surface area (TPSA) is 55.2 Å². The number of piperidine rings is 1. The standard InChI is InChI=1S/C26H30F3N5/c27-26(28,29)21-6-8-22(9-7-21)33-12-11-24-20(16-33)15-31-23-4-2-1-3-19(23)17-34(24)25-10-5-18(13-30)14-32-25/h5-10,14,19-20,23-24,31H,1-4,11-12,15-17H2. The number of nitrogens with one attached hydrogen (secondary N) is 1. The van der Waals surface area contributed by atoms with Crippen LogP contribution in [0.25, 0.3) is 0 Å². The van der Waals surface area contributed by atoms with E-state index in [4.69, 9.17) is 0 Å². The second kappa shape index (κ2) is 9.46. The first kappa shape index (κ1) is 23.0. The van der Waals surface area contributed by atoms with Gasteiger partial charge in [-0.05, 0) is 61.6 Å². The summed E-state index contributed by atoms with van der Waals surface area (Å²) in [5.41, 5.74) is 0.786. The molecule has 2 saturated heterocycles. The molecule has 8 heteroatoms. The molecule has 34 heavy (non-hydrogen) atoms. The van der Waals surface area contributed by atoms with Gasteiger partial charge in [0.15, 0.2) is 0 Å². The number of halogens is 3. The van der Waals surface area contributed by atoms with Gasteiger partial charge in [-0.15, -0.1) is 0 Å². The van der Waals surface area contributed by atoms with Crippen molar-refractivity contribution in [1.29, 1.82) is 5.26 Å². The summed E-state index contributed by atoms with van der Waals surface area (Å²) in [5, 5.41) is 13.0. The third-order valence-corrected chi connectivity index (χ3v) is 7.81. The minimum atomic E-state index is -4.32. The highest BCUT2D eigenvalue weighted by molar-refractivity contribution is 5.50. The van der Waals surface area contributed by atoms with Crippen LogP contribution in [0.5, 0.6) is 0 Å². The first-order valence-electron chi connectivity index (χ1n) is 12.2. The molecule has 1 aliphatic carbocycles. The molecule has 5 nitrogen and oxygen atoms in total. The van der Waals surface area contributed by atoms with Crippen molar-refractivity contribution in [2.75, 3.05) is 36.0 Å². The maximum Gasteiger partial charge on any atom is 0.416 e. The summed E-state index contributed by atoms with van der Waals surface area (Å²) in [5.74, 6) is 1.81. The van der Waals surface area contributed by atoms with E-state index in [0.29, 0.717) is 29.5 Å². The van der Waals surface area contributed by atoms with Gasteiger partial charge in [-0.25, -0.2) is 4.98 Å². The molecular formula is C26H30F3N5. The lowest BCUT2D eigenvalue weighted by molar-refractivity contribution is -0.137. The number of benzene rings is 1. The monoisotopic (exact) mass is 469 g/mol. The average Bonchev–Trinajstić information content (AvgIpc) is 2.85. The van der Waals surface area contributed by atoms with Crippen molar-refractivity contribution in [2.24, 2.45) is 11.8 Å². The van der Waals surface area contributed by atoms with E-state index < -0.39 is 11.7 Å². The van der Waals surface area contributed by atoms with Gasteiger partial charge in [-0.3, -0.25) is 0 Å². The number of nitrogens with zero attached hydrogens (tertiary/aromatic N) is 4. The van der Waals surface area contributed by atoms with Crippen LogP contribution in [-0.4, -0.2) is 43.2 Å². The molecule has 2 aliphatic heterocycles. The van der Waals surface area contributed by atoms with Gasteiger partial charge in [0.05, 0.1) is 11.1 Å². The van der Waals surface area contributed by atoms with E-state index in [9.17, 15) is 18.4 Å². The average molecular weight is 470 g/mol. The molecular weight excluding hydrogens is 439 g/mol. The fraction of sp³-hybridized carbons (Fsp3) is 0.538. The van der Waals surface area contributed by atoms with E-state index in [1.165, 1.54) is 37.8 Å². The highest BCUT2D eigenvalue weighted by atomic mass is 19.4. The number of anilines is 2. The zero-order valence-corrected chi connectivity index (χ0v) is 19.1. The van der Waals surface area contributed by atoms with Crippen LogP contribution < -0.4 is 15.1 Å². The van der Waals surface area contributed by atoms with Crippen LogP contribution in [0.3, 0.4) is 0 Å². The van der Waals surface area contributed by atoms with E-state index >= 15 is 0 Å². The highest BCUT2D eigenvalue weighted by Crippen LogP contribution is 2.36. The highest BCUT2D eigenvalue weighted by Gasteiger charge is 2.39. The smallest absolute Gasteiger partial charge is 0.371 e. The number of alkyl halides is 3. The summed E-state index contributed by atoms with van der Waals surface area (Å²) in [6, 6.07) is 12.3. The second-order valence-electron chi connectivity index (χ2n) is 9.84. The number of nitriles is 1. The maximum absolute atomic E-state index is 13.0. The molecule has 3 fully saturated rings. The van der Waals surface area contributed by atoms with Crippen LogP contribution in [0.2, 0.25) is 0 Å². The van der Waals surface area contributed by atoms with Crippen molar-refractivity contribution in [3.8, 4) is 6.07 Å². The van der Waals surface area contributed by atoms with Gasteiger partial charge in [0, 0.05) is 56.1 Å². The normalized spacial score (nSPS) is 27.7. The van der Waals surface area contributed by atoms with Crippen molar-refractivity contribution >= 4 is 11.5 Å². The van der Waals surface area contributed by atoms with Gasteiger partial charge in [0.1, 0.15) is 11.9 Å². The Morgan fingerprint density at radius 1 is 0.971 bits per heavy atom. The van der Waals surface area contributed by atoms with E-state index in [2.05, 4.69) is 26.2 Å². The maximum atomic E-state index is 13.0. The molecule has 0 amide bonds. The predicted octanol–water partition coefficient (Wildman–Crippen LogP) is 4.84. The summed E-state index contributed by atoms with van der Waals surface area (Å²) in [7, 11) is 0. The van der Waals surface area contributed by atoms with Gasteiger partial charge in [-0.1, -0.05) is 12.8 Å². The molecule has 1 aromatic heterocycles. The SMILES string of the molecule is N#Cc1ccc(N2CC3CCCCC3NCC3CN(c4ccc(C(F)(F)F)cc4)CCC32)nc1. The molecule has 3 aliphatic rings. The molecule has 1 saturated carbocycles. The molecule has 0 bridgehead atoms. The third kappa shape index (κ3) is 4.72. The summed E-state index contributed by atoms with van der Waals surface area (Å²) in [6.07, 6.45) is 3.13. The van der Waals surface area contributed by atoms with Gasteiger partial charge < -0.3 is 15.1 Å². The van der Waals surface area contributed by atoms with Crippen molar-refractivity contribution in [1.82, 2.24) is 10.3 Å². The Labute approximate surface area is 198 Å². The Morgan fingerprint density at radius 2 is 1.76 bits per heavy atom. The molecule has 3 heterocycles. The van der Waals surface area contributed by atoms with Gasteiger partial charge in [0.2, 0.25) is 0 Å². The molecule has 1 aromatic carbocycles. The van der Waals surface area contributed by atoms with Crippen LogP contribution in [0.4, 0.5) is 24.7 Å². The summed E-state index contributed by atoms with van der Waals surface area (Å²) < 4.78 is 39.0. The summed E-state index contributed by atoms with van der Waals surface area (Å²) >= 11 is 0. The Kier molecular flexibility index (Phi) is 6.39. The lowest BCUT2D eigenvalue weighted by atomic mass is 9.80. The Bertz CT molecular complexity index is 1010. The fourth-order valence-corrected chi connectivity index (χ4v) is 6.00. The summed E-state index contributed by atoms with van der Waals surface area (Å²) in [6.45, 7) is 3.40. The number of pyridine rings is 1. The van der Waals surface area contributed by atoms with Crippen molar-refractivity contribution in [3.63, 3.8) is 0 Å². The zero-order valence-electron chi connectivity index (χ0n) is 19.1. The van der Waals surface area contributed by atoms with Crippen molar-refractivity contribution in [2.45, 2.75) is 50.4 Å². The predicted molar refractivity (Wildman–Crippen MR) is 126 cm³/mol. The van der Waals surface area contributed by atoms with E-state index in [0.717, 1.165) is 44.1 Å². The molecule has 1 N–H and O–H groups in total. The molecule has 0 radical (unpaired) electrons. The third-order valence-electron chi connectivity index (χ3n) is 7.81. The number of fused-ring (bicyclic) bond motifs is 2. The fourth-order valence-electron chi connectivity index (χ4n) is 6.00. The Morgan fingerprint density at radius 3 is 2.47 bits per heavy atom. The number of aromatic nitrogens is 1. The van der Waals surface area contributed by atoms with E-state index in [1.54, 1.807) is 18.3 Å². The first-order valence-corrected chi connectivity index (χ1v) is 12.2. The van der Waals surface area contributed by atoms with Crippen LogP contribution in [0, 0.1) is 23.2 Å². The van der Waals surface area contributed by atoms with Gasteiger partial charge >= 0.3 is 6.18 Å². The van der Waals surface area contributed by atoms with E-state index in [-0.39, 0.29) is 0 Å². The molecule has 180 valence electrons. The van der Waals surface area contributed by atoms with Gasteiger partial charge in [-0.2, -0.15) is 18.4 Å². The van der Waals surface area contributed by atoms with Crippen LogP contribution in [0.1, 0.15) is 43.2 Å². The van der Waals surface area contributed by atoms with Crippen molar-refractivity contribution in [3.05, 3.63) is 53.7 Å². The molecule has 4 atom stereocenters. The van der Waals surface area contributed by atoms with Crippen molar-refractivity contribution < 1.29 is 13.2 Å². The lowest BCUT2D eigenvalue weighted by Gasteiger charge is -2.50. The first-order chi connectivity index (χ1) is 16.4. The number of rotatable bonds is 2. The second-order valence-corrected chi connectivity index (χ2v) is 9.84. The minimum Gasteiger partial charge on any atom is -0.371 e. The summed E-state index contributed by atoms with van der Waals surface area (Å²) in [4.78, 5) is 9.32. The quantitative estimate of drug-likeness (QED) is 0.683. The lowest BCUT2D eigenvalue weighted by Crippen LogP contribution is -2.60. The molecule has 5 rings (SSSR count). The minimum absolute atomic E-state index is 0.293. The van der Waals surface area contributed by atoms with Crippen LogP contribution in [-0.2, 0) is 6.18 Å². The molecule has 4 unspecified atom stereocenters.